The number of imide groups is 1. The minimum Gasteiger partial charge on any atom is -0.350 e. The Bertz CT molecular complexity index is 1270. The van der Waals surface area contributed by atoms with Crippen LogP contribution in [0.15, 0.2) is 53.5 Å². The molecule has 0 bridgehead atoms. The summed E-state index contributed by atoms with van der Waals surface area (Å²) in [6.45, 7) is 5.43. The number of aryl methyl sites for hydroxylation is 3. The summed E-state index contributed by atoms with van der Waals surface area (Å²) in [7, 11) is 0. The Morgan fingerprint density at radius 2 is 1.74 bits per heavy atom. The van der Waals surface area contributed by atoms with Crippen LogP contribution in [0.4, 0.5) is 10.6 Å². The van der Waals surface area contributed by atoms with Gasteiger partial charge in [0.05, 0.1) is 0 Å². The molecule has 4 N–H and O–H groups in total. The zero-order valence-corrected chi connectivity index (χ0v) is 19.0. The van der Waals surface area contributed by atoms with Gasteiger partial charge < -0.3 is 5.32 Å². The van der Waals surface area contributed by atoms with Gasteiger partial charge in [0, 0.05) is 35.4 Å². The molecule has 4 amide bonds. The third-order valence-corrected chi connectivity index (χ3v) is 4.92. The maximum absolute atomic E-state index is 12.8. The quantitative estimate of drug-likeness (QED) is 0.387. The molecule has 2 heterocycles. The summed E-state index contributed by atoms with van der Waals surface area (Å²) < 4.78 is 1.22. The van der Waals surface area contributed by atoms with Crippen molar-refractivity contribution in [3.63, 3.8) is 0 Å². The van der Waals surface area contributed by atoms with E-state index in [0.717, 1.165) is 17.0 Å². The topological polar surface area (TPSA) is 147 Å². The van der Waals surface area contributed by atoms with Crippen molar-refractivity contribution in [2.75, 3.05) is 5.43 Å². The lowest BCUT2D eigenvalue weighted by Gasteiger charge is -2.13. The molecule has 11 heteroatoms. The lowest BCUT2D eigenvalue weighted by atomic mass is 10.2. The second kappa shape index (κ2) is 10.9. The predicted molar refractivity (Wildman–Crippen MR) is 125 cm³/mol. The van der Waals surface area contributed by atoms with Crippen molar-refractivity contribution in [1.82, 2.24) is 30.6 Å². The number of aromatic nitrogens is 3. The third kappa shape index (κ3) is 6.25. The summed E-state index contributed by atoms with van der Waals surface area (Å²) in [6, 6.07) is 11.1. The van der Waals surface area contributed by atoms with E-state index in [-0.39, 0.29) is 24.8 Å². The van der Waals surface area contributed by atoms with Crippen LogP contribution in [0.5, 0.6) is 0 Å². The second-order valence-corrected chi connectivity index (χ2v) is 7.51. The van der Waals surface area contributed by atoms with Gasteiger partial charge in [0.25, 0.3) is 11.5 Å². The summed E-state index contributed by atoms with van der Waals surface area (Å²) in [4.78, 5) is 57.6. The van der Waals surface area contributed by atoms with Gasteiger partial charge in [-0.1, -0.05) is 24.3 Å². The summed E-state index contributed by atoms with van der Waals surface area (Å²) >= 11 is 0. The van der Waals surface area contributed by atoms with Crippen LogP contribution in [0.3, 0.4) is 0 Å². The number of carbonyl (C=O) groups excluding carboxylic acids is 3. The Kier molecular flexibility index (Phi) is 7.70. The number of nitrogens with zero attached hydrogens (tertiary/aromatic N) is 3. The lowest BCUT2D eigenvalue weighted by molar-refractivity contribution is -0.121. The minimum absolute atomic E-state index is 0.209. The Hall–Kier alpha value is -4.54. The average Bonchev–Trinajstić information content (AvgIpc) is 2.81. The standard InChI is InChI=1S/C23H25N7O4/c1-14-9-10-18(16(3)26-14)12-24-19(31)13-30-15(2)11-25-20(22(30)33)28-29-23(34)27-21(32)17-7-5-4-6-8-17/h4-11H,12-13H2,1-3H3,(H,24,31)(H,25,28)(H2,27,29,32,34). The van der Waals surface area contributed by atoms with Gasteiger partial charge in [-0.05, 0) is 44.5 Å². The van der Waals surface area contributed by atoms with Gasteiger partial charge in [0.2, 0.25) is 11.7 Å². The molecule has 0 aliphatic heterocycles. The molecular formula is C23H25N7O4. The fourth-order valence-corrected chi connectivity index (χ4v) is 3.06. The van der Waals surface area contributed by atoms with E-state index in [1.807, 2.05) is 26.0 Å². The van der Waals surface area contributed by atoms with E-state index in [4.69, 9.17) is 0 Å². The van der Waals surface area contributed by atoms with Gasteiger partial charge >= 0.3 is 6.03 Å². The normalized spacial score (nSPS) is 10.3. The van der Waals surface area contributed by atoms with E-state index >= 15 is 0 Å². The highest BCUT2D eigenvalue weighted by Crippen LogP contribution is 2.06. The number of hydrazine groups is 1. The van der Waals surface area contributed by atoms with Crippen LogP contribution in [0.25, 0.3) is 0 Å². The van der Waals surface area contributed by atoms with Crippen LogP contribution in [-0.2, 0) is 17.9 Å². The van der Waals surface area contributed by atoms with Crippen LogP contribution >= 0.6 is 0 Å². The molecule has 0 spiro atoms. The molecular weight excluding hydrogens is 438 g/mol. The van der Waals surface area contributed by atoms with Gasteiger partial charge in [-0.2, -0.15) is 0 Å². The molecule has 0 unspecified atom stereocenters. The highest BCUT2D eigenvalue weighted by atomic mass is 16.2. The van der Waals surface area contributed by atoms with Crippen LogP contribution < -0.4 is 27.0 Å². The summed E-state index contributed by atoms with van der Waals surface area (Å²) in [6.07, 6.45) is 1.39. The van der Waals surface area contributed by atoms with E-state index in [9.17, 15) is 19.2 Å². The number of nitrogens with one attached hydrogen (secondary N) is 4. The van der Waals surface area contributed by atoms with Gasteiger partial charge in [-0.25, -0.2) is 15.2 Å². The Morgan fingerprint density at radius 1 is 1.00 bits per heavy atom. The molecule has 11 nitrogen and oxygen atoms in total. The molecule has 0 atom stereocenters. The number of amides is 4. The summed E-state index contributed by atoms with van der Waals surface area (Å²) in [5.41, 5.74) is 7.31. The smallest absolute Gasteiger partial charge is 0.340 e. The van der Waals surface area contributed by atoms with Crippen molar-refractivity contribution >= 4 is 23.7 Å². The maximum atomic E-state index is 12.8. The molecule has 1 aromatic carbocycles. The molecule has 0 fully saturated rings. The van der Waals surface area contributed by atoms with Gasteiger partial charge in [0.15, 0.2) is 0 Å². The highest BCUT2D eigenvalue weighted by Gasteiger charge is 2.14. The third-order valence-electron chi connectivity index (χ3n) is 4.92. The van der Waals surface area contributed by atoms with Crippen molar-refractivity contribution in [2.45, 2.75) is 33.9 Å². The van der Waals surface area contributed by atoms with Crippen molar-refractivity contribution in [3.8, 4) is 0 Å². The van der Waals surface area contributed by atoms with Gasteiger partial charge in [-0.15, -0.1) is 0 Å². The fourth-order valence-electron chi connectivity index (χ4n) is 3.06. The Morgan fingerprint density at radius 3 is 2.44 bits per heavy atom. The fraction of sp³-hybridized carbons (Fsp3) is 0.217. The first-order valence-corrected chi connectivity index (χ1v) is 10.4. The van der Waals surface area contributed by atoms with Crippen LogP contribution in [-0.4, -0.2) is 32.4 Å². The van der Waals surface area contributed by atoms with Crippen molar-refractivity contribution < 1.29 is 14.4 Å². The minimum atomic E-state index is -0.873. The van der Waals surface area contributed by atoms with Crippen LogP contribution in [0.1, 0.15) is 33.0 Å². The molecule has 2 aromatic heterocycles. The monoisotopic (exact) mass is 463 g/mol. The summed E-state index contributed by atoms with van der Waals surface area (Å²) in [5, 5.41) is 4.90. The van der Waals surface area contributed by atoms with Gasteiger partial charge in [0.1, 0.15) is 6.54 Å². The summed E-state index contributed by atoms with van der Waals surface area (Å²) in [5.74, 6) is -1.19. The Balaban J connectivity index is 1.59. The van der Waals surface area contributed by atoms with E-state index in [2.05, 4.69) is 31.5 Å². The molecule has 0 saturated carbocycles. The largest absolute Gasteiger partial charge is 0.350 e. The van der Waals surface area contributed by atoms with E-state index in [1.165, 1.54) is 10.8 Å². The number of anilines is 1. The SMILES string of the molecule is Cc1ccc(CNC(=O)Cn2c(C)cnc(NNC(=O)NC(=O)c3ccccc3)c2=O)c(C)n1. The maximum Gasteiger partial charge on any atom is 0.340 e. The molecule has 0 saturated heterocycles. The molecule has 0 radical (unpaired) electrons. The molecule has 0 aliphatic rings. The first-order valence-electron chi connectivity index (χ1n) is 10.4. The first-order chi connectivity index (χ1) is 16.2. The second-order valence-electron chi connectivity index (χ2n) is 7.51. The van der Waals surface area contributed by atoms with Crippen molar-refractivity contribution in [3.05, 3.63) is 87.2 Å². The predicted octanol–water partition coefficient (Wildman–Crippen LogP) is 1.35. The number of hydrogen-bond donors (Lipinski definition) is 4. The van der Waals surface area contributed by atoms with Crippen molar-refractivity contribution in [2.24, 2.45) is 0 Å². The molecule has 176 valence electrons. The van der Waals surface area contributed by atoms with E-state index in [0.29, 0.717) is 11.3 Å². The average molecular weight is 463 g/mol. The number of carbonyl (C=O) groups is 3. The number of benzene rings is 1. The molecule has 3 aromatic rings. The number of pyridine rings is 1. The van der Waals surface area contributed by atoms with E-state index in [1.54, 1.807) is 37.3 Å². The molecule has 3 rings (SSSR count). The van der Waals surface area contributed by atoms with Crippen LogP contribution in [0, 0.1) is 20.8 Å². The van der Waals surface area contributed by atoms with E-state index < -0.39 is 17.5 Å². The number of urea groups is 1. The van der Waals surface area contributed by atoms with Gasteiger partial charge in [-0.3, -0.25) is 34.7 Å². The zero-order chi connectivity index (χ0) is 24.7. The Labute approximate surface area is 195 Å². The number of rotatable bonds is 7. The van der Waals surface area contributed by atoms with Crippen molar-refractivity contribution in [1.29, 1.82) is 0 Å². The molecule has 0 aliphatic carbocycles. The first kappa shape index (κ1) is 24.1. The van der Waals surface area contributed by atoms with Crippen LogP contribution in [0.2, 0.25) is 0 Å². The lowest BCUT2D eigenvalue weighted by Crippen LogP contribution is -2.44. The highest BCUT2D eigenvalue weighted by molar-refractivity contribution is 6.04. The zero-order valence-electron chi connectivity index (χ0n) is 19.0. The number of hydrogen-bond acceptors (Lipinski definition) is 7. The molecule has 34 heavy (non-hydrogen) atoms.